The second-order valence-electron chi connectivity index (χ2n) is 8.27. The number of aromatic carboxylic acids is 1. The molecule has 180 valence electrons. The summed E-state index contributed by atoms with van der Waals surface area (Å²) in [6.07, 6.45) is 1.73. The van der Waals surface area contributed by atoms with Crippen molar-refractivity contribution in [3.8, 4) is 17.2 Å². The Labute approximate surface area is 200 Å². The van der Waals surface area contributed by atoms with Crippen LogP contribution in [0.3, 0.4) is 0 Å². The third kappa shape index (κ3) is 6.51. The van der Waals surface area contributed by atoms with E-state index in [0.717, 1.165) is 24.8 Å². The van der Waals surface area contributed by atoms with Crippen LogP contribution in [-0.2, 0) is 6.42 Å². The van der Waals surface area contributed by atoms with Crippen LogP contribution in [0.4, 0.5) is 0 Å². The molecule has 0 aliphatic heterocycles. The highest BCUT2D eigenvalue weighted by molar-refractivity contribution is 5.87. The Morgan fingerprint density at radius 1 is 0.941 bits per heavy atom. The summed E-state index contributed by atoms with van der Waals surface area (Å²) in [6.45, 7) is 2.19. The van der Waals surface area contributed by atoms with Crippen molar-refractivity contribution in [3.63, 3.8) is 0 Å². The van der Waals surface area contributed by atoms with Crippen LogP contribution in [0.2, 0.25) is 0 Å². The van der Waals surface area contributed by atoms with Crippen molar-refractivity contribution in [2.75, 3.05) is 20.8 Å². The molecule has 0 bridgehead atoms. The quantitative estimate of drug-likeness (QED) is 0.370. The first-order valence-corrected chi connectivity index (χ1v) is 11.3. The predicted molar refractivity (Wildman–Crippen MR) is 131 cm³/mol. The SMILES string of the molecule is COc1cc([C@@H](O)[C@@H](CCCc2ccccc2)COc2ccc(C(=O)O)cc2)cc(OC)c1C. The number of benzene rings is 3. The summed E-state index contributed by atoms with van der Waals surface area (Å²) in [6, 6.07) is 20.2. The van der Waals surface area contributed by atoms with Gasteiger partial charge >= 0.3 is 5.97 Å². The fourth-order valence-electron chi connectivity index (χ4n) is 3.99. The third-order valence-corrected chi connectivity index (χ3v) is 6.01. The van der Waals surface area contributed by atoms with Gasteiger partial charge in [0.15, 0.2) is 0 Å². The van der Waals surface area contributed by atoms with Crippen LogP contribution in [0.15, 0.2) is 66.7 Å². The molecule has 0 aromatic heterocycles. The molecule has 0 spiro atoms. The molecule has 3 aromatic carbocycles. The van der Waals surface area contributed by atoms with Gasteiger partial charge in [-0.25, -0.2) is 4.79 Å². The number of hydrogen-bond donors (Lipinski definition) is 2. The van der Waals surface area contributed by atoms with E-state index in [1.807, 2.05) is 37.3 Å². The number of ether oxygens (including phenoxy) is 3. The molecule has 0 heterocycles. The molecule has 0 unspecified atom stereocenters. The number of aryl methyl sites for hydroxylation is 1. The average Bonchev–Trinajstić information content (AvgIpc) is 2.86. The lowest BCUT2D eigenvalue weighted by Gasteiger charge is -2.25. The zero-order valence-electron chi connectivity index (χ0n) is 19.9. The predicted octanol–water partition coefficient (Wildman–Crippen LogP) is 5.46. The van der Waals surface area contributed by atoms with E-state index in [4.69, 9.17) is 19.3 Å². The standard InChI is InChI=1S/C28H32O6/c1-19-25(32-2)16-23(17-26(19)33-3)27(29)22(11-7-10-20-8-5-4-6-9-20)18-34-24-14-12-21(13-15-24)28(30)31/h4-6,8-9,12-17,22,27,29H,7,10-11,18H2,1-3H3,(H,30,31)/t22-,27-/m0/s1. The Kier molecular flexibility index (Phi) is 8.93. The van der Waals surface area contributed by atoms with E-state index in [2.05, 4.69) is 12.1 Å². The molecule has 0 aliphatic carbocycles. The highest BCUT2D eigenvalue weighted by Gasteiger charge is 2.24. The Morgan fingerprint density at radius 2 is 1.56 bits per heavy atom. The first-order valence-electron chi connectivity index (χ1n) is 11.3. The summed E-state index contributed by atoms with van der Waals surface area (Å²) < 4.78 is 16.9. The van der Waals surface area contributed by atoms with E-state index in [1.165, 1.54) is 17.7 Å². The zero-order valence-corrected chi connectivity index (χ0v) is 19.9. The van der Waals surface area contributed by atoms with Gasteiger partial charge < -0.3 is 24.4 Å². The summed E-state index contributed by atoms with van der Waals surface area (Å²) in [5, 5.41) is 20.4. The zero-order chi connectivity index (χ0) is 24.5. The molecule has 2 N–H and O–H groups in total. The number of aliphatic hydroxyl groups excluding tert-OH is 1. The molecule has 2 atom stereocenters. The van der Waals surface area contributed by atoms with Gasteiger partial charge in [0.05, 0.1) is 32.5 Å². The Bertz CT molecular complexity index is 1040. The molecular weight excluding hydrogens is 432 g/mol. The molecule has 0 aliphatic rings. The maximum absolute atomic E-state index is 11.3. The van der Waals surface area contributed by atoms with E-state index in [9.17, 15) is 9.90 Å². The van der Waals surface area contributed by atoms with E-state index in [0.29, 0.717) is 22.8 Å². The van der Waals surface area contributed by atoms with Gasteiger partial charge in [0.2, 0.25) is 0 Å². The largest absolute Gasteiger partial charge is 0.496 e. The third-order valence-electron chi connectivity index (χ3n) is 6.01. The smallest absolute Gasteiger partial charge is 0.335 e. The number of hydrogen-bond acceptors (Lipinski definition) is 5. The summed E-state index contributed by atoms with van der Waals surface area (Å²) in [5.41, 5.74) is 3.02. The minimum atomic E-state index is -0.983. The summed E-state index contributed by atoms with van der Waals surface area (Å²) in [7, 11) is 3.19. The number of methoxy groups -OCH3 is 2. The molecule has 0 amide bonds. The van der Waals surface area contributed by atoms with Crippen LogP contribution in [0.1, 0.15) is 46.0 Å². The maximum Gasteiger partial charge on any atom is 0.335 e. The first-order chi connectivity index (χ1) is 16.4. The van der Waals surface area contributed by atoms with Crippen molar-refractivity contribution in [3.05, 3.63) is 89.0 Å². The number of carboxylic acids is 1. The van der Waals surface area contributed by atoms with E-state index in [1.54, 1.807) is 26.4 Å². The highest BCUT2D eigenvalue weighted by Crippen LogP contribution is 2.36. The van der Waals surface area contributed by atoms with Crippen LogP contribution >= 0.6 is 0 Å². The first kappa shape index (κ1) is 25.1. The molecule has 0 fully saturated rings. The molecule has 0 saturated carbocycles. The Balaban J connectivity index is 1.77. The van der Waals surface area contributed by atoms with Crippen LogP contribution in [0.5, 0.6) is 17.2 Å². The van der Waals surface area contributed by atoms with Gasteiger partial charge in [0, 0.05) is 11.5 Å². The van der Waals surface area contributed by atoms with Crippen LogP contribution in [-0.4, -0.2) is 37.0 Å². The summed E-state index contributed by atoms with van der Waals surface area (Å²) >= 11 is 0. The maximum atomic E-state index is 11.3. The van der Waals surface area contributed by atoms with Gasteiger partial charge in [-0.3, -0.25) is 0 Å². The molecule has 0 saturated heterocycles. The normalized spacial score (nSPS) is 12.6. The number of rotatable bonds is 12. The van der Waals surface area contributed by atoms with Crippen LogP contribution in [0.25, 0.3) is 0 Å². The second-order valence-corrected chi connectivity index (χ2v) is 8.27. The van der Waals surface area contributed by atoms with Gasteiger partial charge in [0.25, 0.3) is 0 Å². The molecular formula is C28H32O6. The monoisotopic (exact) mass is 464 g/mol. The minimum Gasteiger partial charge on any atom is -0.496 e. The van der Waals surface area contributed by atoms with Crippen molar-refractivity contribution in [2.24, 2.45) is 5.92 Å². The second kappa shape index (κ2) is 12.1. The lowest BCUT2D eigenvalue weighted by Crippen LogP contribution is -2.21. The minimum absolute atomic E-state index is 0.194. The van der Waals surface area contributed by atoms with Gasteiger partial charge in [-0.15, -0.1) is 0 Å². The topological polar surface area (TPSA) is 85.2 Å². The average molecular weight is 465 g/mol. The van der Waals surface area contributed by atoms with Crippen molar-refractivity contribution < 1.29 is 29.2 Å². The fraction of sp³-hybridized carbons (Fsp3) is 0.321. The number of carboxylic acid groups (broad SMARTS) is 1. The molecule has 6 heteroatoms. The van der Waals surface area contributed by atoms with E-state index in [-0.39, 0.29) is 18.1 Å². The molecule has 0 radical (unpaired) electrons. The highest BCUT2D eigenvalue weighted by atomic mass is 16.5. The molecule has 3 aromatic rings. The Hall–Kier alpha value is -3.51. The van der Waals surface area contributed by atoms with Crippen LogP contribution in [0, 0.1) is 12.8 Å². The summed E-state index contributed by atoms with van der Waals surface area (Å²) in [5.74, 6) is 0.690. The van der Waals surface area contributed by atoms with Gasteiger partial charge in [-0.1, -0.05) is 30.3 Å². The van der Waals surface area contributed by atoms with Crippen molar-refractivity contribution in [2.45, 2.75) is 32.3 Å². The lowest BCUT2D eigenvalue weighted by atomic mass is 9.90. The Morgan fingerprint density at radius 3 is 2.12 bits per heavy atom. The van der Waals surface area contributed by atoms with Gasteiger partial charge in [-0.05, 0) is 73.7 Å². The van der Waals surface area contributed by atoms with E-state index >= 15 is 0 Å². The van der Waals surface area contributed by atoms with Gasteiger partial charge in [-0.2, -0.15) is 0 Å². The molecule has 34 heavy (non-hydrogen) atoms. The van der Waals surface area contributed by atoms with E-state index < -0.39 is 12.1 Å². The van der Waals surface area contributed by atoms with Crippen molar-refractivity contribution in [1.29, 1.82) is 0 Å². The van der Waals surface area contributed by atoms with Gasteiger partial charge in [0.1, 0.15) is 17.2 Å². The number of aliphatic hydroxyl groups is 1. The van der Waals surface area contributed by atoms with Crippen LogP contribution < -0.4 is 14.2 Å². The molecule has 6 nitrogen and oxygen atoms in total. The molecule has 3 rings (SSSR count). The fourth-order valence-corrected chi connectivity index (χ4v) is 3.99. The lowest BCUT2D eigenvalue weighted by molar-refractivity contribution is 0.0677. The van der Waals surface area contributed by atoms with Crippen molar-refractivity contribution in [1.82, 2.24) is 0 Å². The summed E-state index contributed by atoms with van der Waals surface area (Å²) in [4.78, 5) is 11.1. The van der Waals surface area contributed by atoms with Crippen molar-refractivity contribution >= 4 is 5.97 Å². The number of carbonyl (C=O) groups is 1.